The van der Waals surface area contributed by atoms with Gasteiger partial charge in [-0.1, -0.05) is 0 Å². The van der Waals surface area contributed by atoms with Gasteiger partial charge in [0.1, 0.15) is 5.60 Å². The summed E-state index contributed by atoms with van der Waals surface area (Å²) in [5, 5.41) is -0.180. The summed E-state index contributed by atoms with van der Waals surface area (Å²) in [5.74, 6) is 0. The Labute approximate surface area is 76.2 Å². The lowest BCUT2D eigenvalue weighted by Crippen LogP contribution is -2.29. The van der Waals surface area contributed by atoms with Gasteiger partial charge in [0.2, 0.25) is 5.12 Å². The number of nitrogens with one attached hydrogen (secondary N) is 1. The largest absolute Gasteiger partial charge is 0.443 e. The molecule has 0 spiro atoms. The Bertz CT molecular complexity index is 186. The van der Waals surface area contributed by atoms with Crippen LogP contribution in [-0.4, -0.2) is 16.8 Å². The highest BCUT2D eigenvalue weighted by Crippen LogP contribution is 2.07. The molecule has 0 aliphatic carbocycles. The second-order valence-corrected chi connectivity index (χ2v) is 4.18. The molecule has 0 heterocycles. The van der Waals surface area contributed by atoms with Gasteiger partial charge in [-0.2, -0.15) is 0 Å². The smallest absolute Gasteiger partial charge is 0.418 e. The van der Waals surface area contributed by atoms with Crippen LogP contribution >= 0.6 is 11.9 Å². The quantitative estimate of drug-likeness (QED) is 0.592. The van der Waals surface area contributed by atoms with Crippen LogP contribution in [0.3, 0.4) is 0 Å². The van der Waals surface area contributed by atoms with E-state index >= 15 is 0 Å². The third-order valence-corrected chi connectivity index (χ3v) is 1.23. The van der Waals surface area contributed by atoms with Gasteiger partial charge in [0, 0.05) is 18.9 Å². The fourth-order valence-electron chi connectivity index (χ4n) is 0.412. The summed E-state index contributed by atoms with van der Waals surface area (Å²) >= 11 is 0.717. The van der Waals surface area contributed by atoms with Gasteiger partial charge in [-0.3, -0.25) is 9.52 Å². The molecule has 0 aromatic carbocycles. The molecule has 0 aromatic rings. The molecule has 1 N–H and O–H groups in total. The van der Waals surface area contributed by atoms with Crippen LogP contribution in [0.5, 0.6) is 0 Å². The summed E-state index contributed by atoms with van der Waals surface area (Å²) in [7, 11) is 0. The highest BCUT2D eigenvalue weighted by atomic mass is 32.2. The van der Waals surface area contributed by atoms with E-state index < -0.39 is 11.7 Å². The zero-order valence-corrected chi connectivity index (χ0v) is 8.45. The molecular weight excluding hydrogens is 178 g/mol. The number of carbonyl (C=O) groups excluding carboxylic acids is 2. The zero-order chi connectivity index (χ0) is 9.78. The molecule has 0 aromatic heterocycles. The van der Waals surface area contributed by atoms with Crippen LogP contribution in [0, 0.1) is 0 Å². The average Bonchev–Trinajstić information content (AvgIpc) is 1.79. The van der Waals surface area contributed by atoms with Crippen molar-refractivity contribution in [2.24, 2.45) is 0 Å². The molecule has 5 heteroatoms. The first kappa shape index (κ1) is 11.3. The standard InChI is InChI=1S/C7H13NO3S/c1-5(9)12-8-6(10)11-7(2,3)4/h1-4H3,(H,8,10). The number of hydrogen-bond acceptors (Lipinski definition) is 4. The lowest BCUT2D eigenvalue weighted by molar-refractivity contribution is -0.109. The first-order chi connectivity index (χ1) is 5.31. The van der Waals surface area contributed by atoms with E-state index in [0.717, 1.165) is 0 Å². The number of ether oxygens (including phenoxy) is 1. The molecule has 0 atom stereocenters. The van der Waals surface area contributed by atoms with Crippen molar-refractivity contribution in [2.75, 3.05) is 0 Å². The van der Waals surface area contributed by atoms with Crippen molar-refractivity contribution in [3.63, 3.8) is 0 Å². The van der Waals surface area contributed by atoms with Gasteiger partial charge in [0.05, 0.1) is 0 Å². The third kappa shape index (κ3) is 7.40. The minimum atomic E-state index is -0.595. The van der Waals surface area contributed by atoms with E-state index in [2.05, 4.69) is 4.72 Å². The maximum Gasteiger partial charge on any atom is 0.418 e. The first-order valence-corrected chi connectivity index (χ1v) is 4.29. The third-order valence-electron chi connectivity index (χ3n) is 0.677. The van der Waals surface area contributed by atoms with Crippen molar-refractivity contribution < 1.29 is 14.3 Å². The number of hydrogen-bond donors (Lipinski definition) is 1. The number of carbonyl (C=O) groups is 2. The summed E-state index contributed by atoms with van der Waals surface area (Å²) in [5.41, 5.74) is -0.526. The summed E-state index contributed by atoms with van der Waals surface area (Å²) in [6.45, 7) is 6.63. The van der Waals surface area contributed by atoms with Crippen molar-refractivity contribution in [1.82, 2.24) is 4.72 Å². The molecule has 0 fully saturated rings. The molecular formula is C7H13NO3S. The van der Waals surface area contributed by atoms with Gasteiger partial charge in [0.25, 0.3) is 0 Å². The molecule has 12 heavy (non-hydrogen) atoms. The zero-order valence-electron chi connectivity index (χ0n) is 7.63. The maximum absolute atomic E-state index is 10.9. The Morgan fingerprint density at radius 2 is 1.83 bits per heavy atom. The van der Waals surface area contributed by atoms with Crippen molar-refractivity contribution in [1.29, 1.82) is 0 Å². The SMILES string of the molecule is CC(=O)SNC(=O)OC(C)(C)C. The second-order valence-electron chi connectivity index (χ2n) is 3.20. The summed E-state index contributed by atoms with van der Waals surface area (Å²) in [6.07, 6.45) is -0.595. The van der Waals surface area contributed by atoms with Crippen molar-refractivity contribution in [3.05, 3.63) is 0 Å². The molecule has 0 saturated carbocycles. The normalized spacial score (nSPS) is 10.7. The van der Waals surface area contributed by atoms with Gasteiger partial charge < -0.3 is 4.74 Å². The van der Waals surface area contributed by atoms with Crippen LogP contribution in [0.25, 0.3) is 0 Å². The van der Waals surface area contributed by atoms with Crippen LogP contribution in [0.2, 0.25) is 0 Å². The lowest BCUT2D eigenvalue weighted by atomic mass is 10.2. The molecule has 0 rings (SSSR count). The van der Waals surface area contributed by atoms with E-state index in [1.165, 1.54) is 6.92 Å². The molecule has 0 saturated heterocycles. The fourth-order valence-corrected chi connectivity index (χ4v) is 0.681. The Morgan fingerprint density at radius 1 is 1.33 bits per heavy atom. The van der Waals surface area contributed by atoms with E-state index in [9.17, 15) is 9.59 Å². The van der Waals surface area contributed by atoms with Gasteiger partial charge in [-0.25, -0.2) is 4.79 Å². The average molecular weight is 191 g/mol. The van der Waals surface area contributed by atoms with E-state index in [0.29, 0.717) is 11.9 Å². The predicted molar refractivity (Wildman–Crippen MR) is 47.6 cm³/mol. The van der Waals surface area contributed by atoms with E-state index in [1.54, 1.807) is 20.8 Å². The predicted octanol–water partition coefficient (Wildman–Crippen LogP) is 1.71. The Kier molecular flexibility index (Phi) is 4.09. The van der Waals surface area contributed by atoms with Gasteiger partial charge >= 0.3 is 6.09 Å². The maximum atomic E-state index is 10.9. The molecule has 0 radical (unpaired) electrons. The van der Waals surface area contributed by atoms with Gasteiger partial charge in [-0.15, -0.1) is 0 Å². The van der Waals surface area contributed by atoms with Crippen LogP contribution in [0.15, 0.2) is 0 Å². The van der Waals surface area contributed by atoms with E-state index in [1.807, 2.05) is 0 Å². The highest BCUT2D eigenvalue weighted by molar-refractivity contribution is 8.12. The molecule has 0 aliphatic heterocycles. The monoisotopic (exact) mass is 191 g/mol. The second kappa shape index (κ2) is 4.35. The van der Waals surface area contributed by atoms with Crippen LogP contribution < -0.4 is 4.72 Å². The van der Waals surface area contributed by atoms with Crippen LogP contribution in [0.1, 0.15) is 27.7 Å². The topological polar surface area (TPSA) is 55.4 Å². The van der Waals surface area contributed by atoms with Gasteiger partial charge in [-0.05, 0) is 20.8 Å². The van der Waals surface area contributed by atoms with Crippen molar-refractivity contribution >= 4 is 23.2 Å². The molecule has 0 aliphatic rings. The van der Waals surface area contributed by atoms with E-state index in [-0.39, 0.29) is 5.12 Å². The van der Waals surface area contributed by atoms with Crippen LogP contribution in [-0.2, 0) is 9.53 Å². The first-order valence-electron chi connectivity index (χ1n) is 3.47. The Balaban J connectivity index is 3.68. The molecule has 0 unspecified atom stereocenters. The molecule has 1 amide bonds. The molecule has 0 bridgehead atoms. The van der Waals surface area contributed by atoms with Crippen molar-refractivity contribution in [2.45, 2.75) is 33.3 Å². The molecule has 4 nitrogen and oxygen atoms in total. The number of amides is 1. The summed E-state index contributed by atoms with van der Waals surface area (Å²) < 4.78 is 7.11. The summed E-state index contributed by atoms with van der Waals surface area (Å²) in [4.78, 5) is 21.3. The molecule has 70 valence electrons. The Hall–Kier alpha value is -0.710. The van der Waals surface area contributed by atoms with Crippen molar-refractivity contribution in [3.8, 4) is 0 Å². The van der Waals surface area contributed by atoms with Gasteiger partial charge in [0.15, 0.2) is 0 Å². The lowest BCUT2D eigenvalue weighted by Gasteiger charge is -2.18. The number of rotatable bonds is 0. The highest BCUT2D eigenvalue weighted by Gasteiger charge is 2.16. The Morgan fingerprint density at radius 3 is 2.17 bits per heavy atom. The van der Waals surface area contributed by atoms with Crippen LogP contribution in [0.4, 0.5) is 4.79 Å². The van der Waals surface area contributed by atoms with E-state index in [4.69, 9.17) is 4.74 Å². The minimum Gasteiger partial charge on any atom is -0.443 e. The minimum absolute atomic E-state index is 0.180. The summed E-state index contributed by atoms with van der Waals surface area (Å²) in [6, 6.07) is 0. The fraction of sp³-hybridized carbons (Fsp3) is 0.714.